The number of hydrogen-bond donors (Lipinski definition) is 0. The van der Waals surface area contributed by atoms with Gasteiger partial charge < -0.3 is 4.74 Å². The number of esters is 1. The second-order valence-corrected chi connectivity index (χ2v) is 20.1. The molecule has 0 aromatic heterocycles. The van der Waals surface area contributed by atoms with Gasteiger partial charge in [0.05, 0.1) is 6.61 Å². The molecule has 2 nitrogen and oxygen atoms in total. The maximum Gasteiger partial charge on any atom is 0.330 e. The zero-order valence-corrected chi connectivity index (χ0v) is 19.4. The van der Waals surface area contributed by atoms with Crippen molar-refractivity contribution in [3.63, 3.8) is 0 Å². The lowest BCUT2D eigenvalue weighted by molar-refractivity contribution is -0.137. The molecule has 0 spiro atoms. The van der Waals surface area contributed by atoms with Crippen molar-refractivity contribution in [2.75, 3.05) is 6.61 Å². The van der Waals surface area contributed by atoms with Gasteiger partial charge in [0.15, 0.2) is 0 Å². The summed E-state index contributed by atoms with van der Waals surface area (Å²) < 4.78 is 5.08. The molecule has 0 aromatic rings. The third kappa shape index (κ3) is 20.2. The molecule has 0 saturated carbocycles. The molecule has 0 atom stereocenters. The first kappa shape index (κ1) is 24.2. The maximum atomic E-state index is 11.1. The van der Waals surface area contributed by atoms with Gasteiger partial charge in [0.2, 0.25) is 0 Å². The Morgan fingerprint density at radius 1 is 0.833 bits per heavy atom. The summed E-state index contributed by atoms with van der Waals surface area (Å²) in [5, 5.41) is 0. The molecule has 0 amide bonds. The van der Waals surface area contributed by atoms with Gasteiger partial charge in [-0.05, 0) is 19.4 Å². The van der Waals surface area contributed by atoms with Gasteiger partial charge in [-0.15, -0.1) is 21.8 Å². The number of carbonyl (C=O) groups is 1. The summed E-state index contributed by atoms with van der Waals surface area (Å²) in [6.45, 7) is 7.32. The van der Waals surface area contributed by atoms with Crippen LogP contribution in [0.4, 0.5) is 0 Å². The Balaban J connectivity index is 3.11. The number of ether oxygens (including phenoxy) is 1. The van der Waals surface area contributed by atoms with E-state index in [9.17, 15) is 4.79 Å². The van der Waals surface area contributed by atoms with Crippen molar-refractivity contribution in [2.24, 2.45) is 0 Å². The van der Waals surface area contributed by atoms with Crippen LogP contribution in [0.5, 0.6) is 0 Å². The van der Waals surface area contributed by atoms with E-state index in [0.29, 0.717) is 6.61 Å². The third-order valence-corrected chi connectivity index (χ3v) is 7.37. The van der Waals surface area contributed by atoms with Gasteiger partial charge in [-0.25, -0.2) is 4.79 Å². The van der Waals surface area contributed by atoms with Crippen LogP contribution in [-0.4, -0.2) is 18.1 Å². The molecule has 0 rings (SSSR count). The summed E-state index contributed by atoms with van der Waals surface area (Å²) in [5.74, 6) is -0.211. The van der Waals surface area contributed by atoms with E-state index in [2.05, 4.69) is 34.9 Å². The number of rotatable bonds is 16. The predicted octanol–water partition coefficient (Wildman–Crippen LogP) is 7.43. The first-order valence-corrected chi connectivity index (χ1v) is 16.3. The molecular formula is C20H39IO2Si. The Morgan fingerprint density at radius 2 is 1.25 bits per heavy atom. The SMILES string of the molecule is CC=CC(=O)OCCCCCCCCCCCCCC[Si](C)(C)I. The topological polar surface area (TPSA) is 26.3 Å². The molecule has 0 aliphatic rings. The highest BCUT2D eigenvalue weighted by atomic mass is 127. The van der Waals surface area contributed by atoms with Gasteiger partial charge in [0, 0.05) is 6.08 Å². The van der Waals surface area contributed by atoms with Crippen LogP contribution in [0.2, 0.25) is 19.1 Å². The first-order valence-electron chi connectivity index (χ1n) is 9.94. The smallest absolute Gasteiger partial charge is 0.330 e. The average Bonchev–Trinajstić information content (AvgIpc) is 2.50. The summed E-state index contributed by atoms with van der Waals surface area (Å²) in [7, 11) is 0. The van der Waals surface area contributed by atoms with Gasteiger partial charge in [-0.2, -0.15) is 0 Å². The second kappa shape index (κ2) is 16.6. The highest BCUT2D eigenvalue weighted by Crippen LogP contribution is 2.21. The summed E-state index contributed by atoms with van der Waals surface area (Å²) in [6, 6.07) is 1.49. The monoisotopic (exact) mass is 466 g/mol. The van der Waals surface area contributed by atoms with Crippen molar-refractivity contribution in [2.45, 2.75) is 103 Å². The number of carbonyl (C=O) groups excluding carboxylic acids is 1. The molecule has 0 aliphatic heterocycles. The van der Waals surface area contributed by atoms with Crippen LogP contribution in [0.25, 0.3) is 0 Å². The molecule has 4 heteroatoms. The lowest BCUT2D eigenvalue weighted by atomic mass is 10.1. The molecule has 0 aromatic carbocycles. The van der Waals surface area contributed by atoms with Crippen LogP contribution in [-0.2, 0) is 9.53 Å². The quantitative estimate of drug-likeness (QED) is 0.0591. The molecule has 0 unspecified atom stereocenters. The van der Waals surface area contributed by atoms with Crippen molar-refractivity contribution in [1.82, 2.24) is 0 Å². The average molecular weight is 467 g/mol. The molecular weight excluding hydrogens is 427 g/mol. The maximum absolute atomic E-state index is 11.1. The van der Waals surface area contributed by atoms with Crippen molar-refractivity contribution in [3.8, 4) is 0 Å². The van der Waals surface area contributed by atoms with Gasteiger partial charge in [-0.3, -0.25) is 0 Å². The van der Waals surface area contributed by atoms with E-state index >= 15 is 0 Å². The van der Waals surface area contributed by atoms with Crippen LogP contribution >= 0.6 is 21.8 Å². The highest BCUT2D eigenvalue weighted by molar-refractivity contribution is 14.1. The Kier molecular flexibility index (Phi) is 16.7. The molecule has 24 heavy (non-hydrogen) atoms. The molecule has 0 aliphatic carbocycles. The lowest BCUT2D eigenvalue weighted by Crippen LogP contribution is -2.13. The Bertz CT molecular complexity index is 324. The summed E-state index contributed by atoms with van der Waals surface area (Å²) in [5.41, 5.74) is -0.827. The fourth-order valence-corrected chi connectivity index (χ4v) is 5.01. The summed E-state index contributed by atoms with van der Waals surface area (Å²) in [6.07, 6.45) is 19.3. The Morgan fingerprint density at radius 3 is 1.67 bits per heavy atom. The van der Waals surface area contributed by atoms with Crippen molar-refractivity contribution in [3.05, 3.63) is 12.2 Å². The van der Waals surface area contributed by atoms with Crippen molar-refractivity contribution < 1.29 is 9.53 Å². The van der Waals surface area contributed by atoms with E-state index in [1.54, 1.807) is 6.08 Å². The van der Waals surface area contributed by atoms with E-state index < -0.39 is 5.57 Å². The summed E-state index contributed by atoms with van der Waals surface area (Å²) >= 11 is 2.69. The number of hydrogen-bond acceptors (Lipinski definition) is 2. The second-order valence-electron chi connectivity index (χ2n) is 7.38. The van der Waals surface area contributed by atoms with Crippen LogP contribution in [0, 0.1) is 0 Å². The molecule has 0 heterocycles. The molecule has 142 valence electrons. The van der Waals surface area contributed by atoms with Gasteiger partial charge in [0.1, 0.15) is 5.57 Å². The predicted molar refractivity (Wildman–Crippen MR) is 117 cm³/mol. The van der Waals surface area contributed by atoms with E-state index in [4.69, 9.17) is 4.74 Å². The minimum atomic E-state index is -0.827. The molecule has 0 fully saturated rings. The molecule has 0 saturated heterocycles. The van der Waals surface area contributed by atoms with Gasteiger partial charge >= 0.3 is 5.97 Å². The van der Waals surface area contributed by atoms with Gasteiger partial charge in [0.25, 0.3) is 0 Å². The zero-order valence-electron chi connectivity index (χ0n) is 16.2. The highest BCUT2D eigenvalue weighted by Gasteiger charge is 2.14. The zero-order chi connectivity index (χ0) is 18.1. The largest absolute Gasteiger partial charge is 0.463 e. The van der Waals surface area contributed by atoms with Crippen LogP contribution in [0.1, 0.15) is 84.0 Å². The number of halogens is 1. The number of unbranched alkanes of at least 4 members (excludes halogenated alkanes) is 11. The van der Waals surface area contributed by atoms with E-state index in [1.807, 2.05) is 6.92 Å². The van der Waals surface area contributed by atoms with E-state index in [1.165, 1.54) is 82.7 Å². The summed E-state index contributed by atoms with van der Waals surface area (Å²) in [4.78, 5) is 11.1. The van der Waals surface area contributed by atoms with Crippen molar-refractivity contribution in [1.29, 1.82) is 0 Å². The molecule has 0 N–H and O–H groups in total. The Hall–Kier alpha value is 0.157. The fourth-order valence-electron chi connectivity index (χ4n) is 2.77. The van der Waals surface area contributed by atoms with Gasteiger partial charge in [-0.1, -0.05) is 89.8 Å². The lowest BCUT2D eigenvalue weighted by Gasteiger charge is -2.12. The van der Waals surface area contributed by atoms with Crippen molar-refractivity contribution >= 4 is 33.3 Å². The first-order chi connectivity index (χ1) is 11.5. The van der Waals surface area contributed by atoms with Crippen LogP contribution in [0.15, 0.2) is 12.2 Å². The minimum absolute atomic E-state index is 0.211. The standard InChI is InChI=1S/C20H39IO2Si/c1-4-17-20(22)23-18-15-13-11-9-7-5-6-8-10-12-14-16-19-24(2,3)21/h4,17H,5-16,18-19H2,1-3H3. The van der Waals surface area contributed by atoms with E-state index in [-0.39, 0.29) is 5.97 Å². The third-order valence-electron chi connectivity index (χ3n) is 4.21. The minimum Gasteiger partial charge on any atom is -0.463 e. The van der Waals surface area contributed by atoms with E-state index in [0.717, 1.165) is 6.42 Å². The molecule has 0 radical (unpaired) electrons. The fraction of sp³-hybridized carbons (Fsp3) is 0.850. The van der Waals surface area contributed by atoms with Crippen LogP contribution < -0.4 is 0 Å². The number of allylic oxidation sites excluding steroid dienone is 1. The Labute approximate surface area is 164 Å². The van der Waals surface area contributed by atoms with Crippen LogP contribution in [0.3, 0.4) is 0 Å². The normalized spacial score (nSPS) is 12.0. The molecule has 0 bridgehead atoms.